The van der Waals surface area contributed by atoms with Gasteiger partial charge in [0.1, 0.15) is 0 Å². The lowest BCUT2D eigenvalue weighted by molar-refractivity contribution is 0.693. The normalized spacial score (nSPS) is 33.9. The highest BCUT2D eigenvalue weighted by atomic mass is 127. The summed E-state index contributed by atoms with van der Waals surface area (Å²) in [5.41, 5.74) is 0. The number of aromatic nitrogens is 2. The monoisotopic (exact) mass is 302 g/mol. The summed E-state index contributed by atoms with van der Waals surface area (Å²) in [6.45, 7) is 2.29. The highest BCUT2D eigenvalue weighted by Crippen LogP contribution is 2.43. The molecule has 0 radical (unpaired) electrons. The molecule has 0 bridgehead atoms. The van der Waals surface area contributed by atoms with Crippen LogP contribution in [-0.4, -0.2) is 29.1 Å². The number of fused-ring (bicyclic) bond motifs is 1. The van der Waals surface area contributed by atoms with Gasteiger partial charge in [0.2, 0.25) is 5.95 Å². The van der Waals surface area contributed by atoms with E-state index in [1.807, 2.05) is 12.4 Å². The van der Waals surface area contributed by atoms with E-state index < -0.39 is 0 Å². The molecule has 1 aliphatic heterocycles. The Morgan fingerprint density at radius 1 is 1.29 bits per heavy atom. The van der Waals surface area contributed by atoms with Gasteiger partial charge in [-0.15, -0.1) is 0 Å². The van der Waals surface area contributed by atoms with E-state index in [4.69, 9.17) is 0 Å². The van der Waals surface area contributed by atoms with E-state index in [9.17, 15) is 0 Å². The minimum atomic E-state index is 0.608. The van der Waals surface area contributed by atoms with Crippen molar-refractivity contribution in [3.05, 3.63) is 16.0 Å². The Balaban J connectivity index is 1.65. The second kappa shape index (κ2) is 3.30. The molecule has 1 aromatic heterocycles. The van der Waals surface area contributed by atoms with E-state index in [2.05, 4.69) is 43.2 Å². The number of anilines is 1. The number of hydrogen-bond donors (Lipinski definition) is 2. The van der Waals surface area contributed by atoms with Crippen molar-refractivity contribution in [2.75, 3.05) is 18.4 Å². The summed E-state index contributed by atoms with van der Waals surface area (Å²) in [6.07, 6.45) is 3.68. The SMILES string of the molecule is Ic1cnc(NC2C3CNCC32)nc1. The van der Waals surface area contributed by atoms with E-state index in [1.165, 1.54) is 0 Å². The Kier molecular flexibility index (Phi) is 2.09. The molecule has 14 heavy (non-hydrogen) atoms. The molecule has 0 aromatic carbocycles. The summed E-state index contributed by atoms with van der Waals surface area (Å²) in [5.74, 6) is 2.38. The molecule has 2 unspecified atom stereocenters. The molecule has 2 heterocycles. The highest BCUT2D eigenvalue weighted by Gasteiger charge is 2.53. The smallest absolute Gasteiger partial charge is 0.222 e. The molecule has 2 atom stereocenters. The predicted octanol–water partition coefficient (Wildman–Crippen LogP) is 0.711. The van der Waals surface area contributed by atoms with E-state index in [-0.39, 0.29) is 0 Å². The van der Waals surface area contributed by atoms with Crippen LogP contribution in [-0.2, 0) is 0 Å². The van der Waals surface area contributed by atoms with Gasteiger partial charge in [0.25, 0.3) is 0 Å². The third-order valence-corrected chi connectivity index (χ3v) is 3.56. The van der Waals surface area contributed by atoms with E-state index in [0.29, 0.717) is 6.04 Å². The Bertz CT molecular complexity index is 329. The van der Waals surface area contributed by atoms with Crippen LogP contribution in [0.2, 0.25) is 0 Å². The van der Waals surface area contributed by atoms with Crippen LogP contribution in [0.4, 0.5) is 5.95 Å². The van der Waals surface area contributed by atoms with Crippen molar-refractivity contribution >= 4 is 28.5 Å². The maximum absolute atomic E-state index is 4.24. The second-order valence-corrected chi connectivity index (χ2v) is 5.13. The fraction of sp³-hybridized carbons (Fsp3) is 0.556. The zero-order chi connectivity index (χ0) is 9.54. The first-order valence-electron chi connectivity index (χ1n) is 4.79. The van der Waals surface area contributed by atoms with Crippen molar-refractivity contribution in [1.82, 2.24) is 15.3 Å². The predicted molar refractivity (Wildman–Crippen MR) is 62.0 cm³/mol. The summed E-state index contributed by atoms with van der Waals surface area (Å²) in [4.78, 5) is 8.47. The van der Waals surface area contributed by atoms with E-state index >= 15 is 0 Å². The van der Waals surface area contributed by atoms with Crippen LogP contribution in [0.3, 0.4) is 0 Å². The molecule has 0 amide bonds. The standard InChI is InChI=1S/C9H11IN4/c10-5-1-12-9(13-2-5)14-8-6-3-11-4-7(6)8/h1-2,6-8,11H,3-4H2,(H,12,13,14). The first-order valence-corrected chi connectivity index (χ1v) is 5.87. The molecular formula is C9H11IN4. The summed E-state index contributed by atoms with van der Waals surface area (Å²) in [7, 11) is 0. The Morgan fingerprint density at radius 3 is 2.57 bits per heavy atom. The number of halogens is 1. The van der Waals surface area contributed by atoms with Crippen LogP contribution in [0.1, 0.15) is 0 Å². The summed E-state index contributed by atoms with van der Waals surface area (Å²) >= 11 is 2.21. The van der Waals surface area contributed by atoms with Gasteiger partial charge in [-0.05, 0) is 34.4 Å². The molecule has 1 aromatic rings. The van der Waals surface area contributed by atoms with Crippen molar-refractivity contribution in [2.45, 2.75) is 6.04 Å². The maximum Gasteiger partial charge on any atom is 0.222 e. The number of piperidine rings is 1. The van der Waals surface area contributed by atoms with Crippen molar-refractivity contribution in [2.24, 2.45) is 11.8 Å². The van der Waals surface area contributed by atoms with Gasteiger partial charge in [0.05, 0.1) is 0 Å². The fourth-order valence-electron chi connectivity index (χ4n) is 2.17. The van der Waals surface area contributed by atoms with Crippen molar-refractivity contribution < 1.29 is 0 Å². The average Bonchev–Trinajstić information content (AvgIpc) is 2.63. The van der Waals surface area contributed by atoms with Gasteiger partial charge in [-0.25, -0.2) is 9.97 Å². The molecule has 2 N–H and O–H groups in total. The van der Waals surface area contributed by atoms with Crippen molar-refractivity contribution in [1.29, 1.82) is 0 Å². The van der Waals surface area contributed by atoms with Gasteiger partial charge in [0.15, 0.2) is 0 Å². The number of nitrogens with zero attached hydrogens (tertiary/aromatic N) is 2. The molecule has 2 aliphatic rings. The lowest BCUT2D eigenvalue weighted by Gasteiger charge is -2.06. The molecule has 1 aliphatic carbocycles. The molecule has 3 rings (SSSR count). The van der Waals surface area contributed by atoms with Gasteiger partial charge in [-0.3, -0.25) is 0 Å². The van der Waals surface area contributed by atoms with Crippen LogP contribution < -0.4 is 10.6 Å². The van der Waals surface area contributed by atoms with Crippen molar-refractivity contribution in [3.8, 4) is 0 Å². The Labute approximate surface area is 96.0 Å². The maximum atomic E-state index is 4.24. The fourth-order valence-corrected chi connectivity index (χ4v) is 2.45. The minimum absolute atomic E-state index is 0.608. The molecule has 1 saturated heterocycles. The number of nitrogens with one attached hydrogen (secondary N) is 2. The molecule has 74 valence electrons. The molecule has 0 spiro atoms. The first kappa shape index (κ1) is 8.84. The Morgan fingerprint density at radius 2 is 1.93 bits per heavy atom. The van der Waals surface area contributed by atoms with Crippen LogP contribution in [0, 0.1) is 15.4 Å². The van der Waals surface area contributed by atoms with Gasteiger partial charge in [-0.1, -0.05) is 0 Å². The van der Waals surface area contributed by atoms with Crippen LogP contribution in [0.5, 0.6) is 0 Å². The highest BCUT2D eigenvalue weighted by molar-refractivity contribution is 14.1. The van der Waals surface area contributed by atoms with E-state index in [0.717, 1.165) is 34.4 Å². The topological polar surface area (TPSA) is 49.8 Å². The summed E-state index contributed by atoms with van der Waals surface area (Å²) in [5, 5.41) is 6.74. The van der Waals surface area contributed by atoms with Gasteiger partial charge in [0, 0.05) is 35.1 Å². The second-order valence-electron chi connectivity index (χ2n) is 3.88. The Hall–Kier alpha value is -0.430. The third kappa shape index (κ3) is 1.48. The summed E-state index contributed by atoms with van der Waals surface area (Å²) in [6, 6.07) is 0.608. The number of rotatable bonds is 2. The van der Waals surface area contributed by atoms with Crippen LogP contribution in [0.15, 0.2) is 12.4 Å². The molecule has 5 heteroatoms. The largest absolute Gasteiger partial charge is 0.351 e. The van der Waals surface area contributed by atoms with Crippen LogP contribution in [0.25, 0.3) is 0 Å². The van der Waals surface area contributed by atoms with E-state index in [1.54, 1.807) is 0 Å². The molecule has 2 fully saturated rings. The zero-order valence-corrected chi connectivity index (χ0v) is 9.73. The van der Waals surface area contributed by atoms with Gasteiger partial charge < -0.3 is 10.6 Å². The summed E-state index contributed by atoms with van der Waals surface area (Å²) < 4.78 is 1.07. The lowest BCUT2D eigenvalue weighted by atomic mass is 10.4. The minimum Gasteiger partial charge on any atom is -0.351 e. The zero-order valence-electron chi connectivity index (χ0n) is 7.57. The lowest BCUT2D eigenvalue weighted by Crippen LogP contribution is -2.22. The molecular weight excluding hydrogens is 291 g/mol. The van der Waals surface area contributed by atoms with Gasteiger partial charge >= 0.3 is 0 Å². The number of hydrogen-bond acceptors (Lipinski definition) is 4. The molecule has 1 saturated carbocycles. The first-order chi connectivity index (χ1) is 6.84. The quantitative estimate of drug-likeness (QED) is 0.790. The van der Waals surface area contributed by atoms with Crippen LogP contribution >= 0.6 is 22.6 Å². The van der Waals surface area contributed by atoms with Crippen molar-refractivity contribution in [3.63, 3.8) is 0 Å². The average molecular weight is 302 g/mol. The van der Waals surface area contributed by atoms with Gasteiger partial charge in [-0.2, -0.15) is 0 Å². The third-order valence-electron chi connectivity index (χ3n) is 3.01. The molecule has 4 nitrogen and oxygen atoms in total.